The molecule has 106 valence electrons. The molecule has 3 rings (SSSR count). The lowest BCUT2D eigenvalue weighted by atomic mass is 10.2. The molecule has 0 radical (unpaired) electrons. The van der Waals surface area contributed by atoms with Crippen molar-refractivity contribution in [3.05, 3.63) is 57.8 Å². The highest BCUT2D eigenvalue weighted by Gasteiger charge is 2.06. The van der Waals surface area contributed by atoms with E-state index in [0.717, 1.165) is 4.90 Å². The second kappa shape index (κ2) is 5.75. The summed E-state index contributed by atoms with van der Waals surface area (Å²) in [4.78, 5) is 13.2. The first-order valence-corrected chi connectivity index (χ1v) is 7.52. The minimum atomic E-state index is -0.158. The molecule has 0 aliphatic heterocycles. The van der Waals surface area contributed by atoms with Gasteiger partial charge in [-0.25, -0.2) is 4.68 Å². The average Bonchev–Trinajstić information content (AvgIpc) is 2.50. The van der Waals surface area contributed by atoms with Crippen molar-refractivity contribution in [2.45, 2.75) is 10.8 Å². The Balaban J connectivity index is 1.86. The summed E-state index contributed by atoms with van der Waals surface area (Å²) in [6, 6.07) is 12.5. The minimum Gasteiger partial charge on any atom is -0.398 e. The van der Waals surface area contributed by atoms with Gasteiger partial charge < -0.3 is 5.73 Å². The summed E-state index contributed by atoms with van der Waals surface area (Å²) in [6.07, 6.45) is 0. The number of hydrogen-bond donors (Lipinski definition) is 1. The fourth-order valence-corrected chi connectivity index (χ4v) is 2.89. The summed E-state index contributed by atoms with van der Waals surface area (Å²) in [5, 5.41) is 9.03. The predicted octanol–water partition coefficient (Wildman–Crippen LogP) is 2.78. The number of halogens is 1. The van der Waals surface area contributed by atoms with Gasteiger partial charge in [0.05, 0.1) is 22.0 Å². The van der Waals surface area contributed by atoms with E-state index in [9.17, 15) is 4.79 Å². The number of nitrogens with zero attached hydrogens (tertiary/aromatic N) is 3. The van der Waals surface area contributed by atoms with Gasteiger partial charge in [-0.3, -0.25) is 4.79 Å². The zero-order valence-corrected chi connectivity index (χ0v) is 12.4. The van der Waals surface area contributed by atoms with Crippen LogP contribution in [0.2, 0.25) is 5.02 Å². The van der Waals surface area contributed by atoms with E-state index in [1.807, 2.05) is 18.2 Å². The van der Waals surface area contributed by atoms with Crippen molar-refractivity contribution in [1.82, 2.24) is 15.0 Å². The monoisotopic (exact) mass is 318 g/mol. The molecule has 0 spiro atoms. The van der Waals surface area contributed by atoms with Crippen molar-refractivity contribution in [1.29, 1.82) is 0 Å². The van der Waals surface area contributed by atoms with Crippen molar-refractivity contribution in [3.8, 4) is 0 Å². The third-order valence-electron chi connectivity index (χ3n) is 2.95. The Bertz CT molecular complexity index is 865. The molecule has 21 heavy (non-hydrogen) atoms. The maximum atomic E-state index is 12.3. The van der Waals surface area contributed by atoms with Gasteiger partial charge in [0.1, 0.15) is 5.52 Å². The van der Waals surface area contributed by atoms with Gasteiger partial charge in [-0.15, -0.1) is 16.9 Å². The predicted molar refractivity (Wildman–Crippen MR) is 85.5 cm³/mol. The third kappa shape index (κ3) is 2.86. The fraction of sp³-hybridized carbons (Fsp3) is 0.0714. The Morgan fingerprint density at radius 1 is 1.24 bits per heavy atom. The molecule has 2 N–H and O–H groups in total. The topological polar surface area (TPSA) is 73.8 Å². The maximum Gasteiger partial charge on any atom is 0.278 e. The number of benzene rings is 2. The normalized spacial score (nSPS) is 10.9. The summed E-state index contributed by atoms with van der Waals surface area (Å²) in [5.74, 6) is 0.358. The molecule has 0 saturated heterocycles. The lowest BCUT2D eigenvalue weighted by Gasteiger charge is -2.06. The molecule has 0 unspecified atom stereocenters. The number of nitrogens with two attached hydrogens (primary N) is 1. The number of rotatable bonds is 3. The number of nitrogen functional groups attached to an aromatic ring is 1. The van der Waals surface area contributed by atoms with Crippen molar-refractivity contribution in [3.63, 3.8) is 0 Å². The van der Waals surface area contributed by atoms with Crippen LogP contribution in [0, 0.1) is 0 Å². The van der Waals surface area contributed by atoms with E-state index >= 15 is 0 Å². The lowest BCUT2D eigenvalue weighted by Crippen LogP contribution is -2.23. The Morgan fingerprint density at radius 2 is 2.05 bits per heavy atom. The van der Waals surface area contributed by atoms with Crippen LogP contribution in [0.4, 0.5) is 5.69 Å². The highest BCUT2D eigenvalue weighted by atomic mass is 35.5. The molecule has 0 aliphatic carbocycles. The van der Waals surface area contributed by atoms with Crippen LogP contribution in [0.3, 0.4) is 0 Å². The standard InChI is InChI=1S/C14H11ClN4OS/c15-11-7-9(5-6-12(11)16)21-8-19-14(20)10-3-1-2-4-13(10)17-18-19/h1-7H,8,16H2. The molecule has 0 aliphatic rings. The van der Waals surface area contributed by atoms with Crippen molar-refractivity contribution < 1.29 is 0 Å². The second-order valence-corrected chi connectivity index (χ2v) is 5.79. The molecule has 0 fully saturated rings. The summed E-state index contributed by atoms with van der Waals surface area (Å²) < 4.78 is 1.33. The highest BCUT2D eigenvalue weighted by Crippen LogP contribution is 2.26. The van der Waals surface area contributed by atoms with Gasteiger partial charge in [-0.05, 0) is 30.3 Å². The largest absolute Gasteiger partial charge is 0.398 e. The van der Waals surface area contributed by atoms with Crippen molar-refractivity contribution >= 4 is 40.0 Å². The van der Waals surface area contributed by atoms with E-state index in [1.165, 1.54) is 16.4 Å². The van der Waals surface area contributed by atoms with Crippen molar-refractivity contribution in [2.24, 2.45) is 0 Å². The number of hydrogen-bond acceptors (Lipinski definition) is 5. The first-order valence-electron chi connectivity index (χ1n) is 6.15. The van der Waals surface area contributed by atoms with E-state index in [-0.39, 0.29) is 5.56 Å². The minimum absolute atomic E-state index is 0.158. The number of thioether (sulfide) groups is 1. The zero-order chi connectivity index (χ0) is 14.8. The first kappa shape index (κ1) is 13.9. The highest BCUT2D eigenvalue weighted by molar-refractivity contribution is 7.98. The molecule has 0 bridgehead atoms. The van der Waals surface area contributed by atoms with Crippen LogP contribution >= 0.6 is 23.4 Å². The molecule has 7 heteroatoms. The van der Waals surface area contributed by atoms with E-state index in [4.69, 9.17) is 17.3 Å². The van der Waals surface area contributed by atoms with E-state index in [0.29, 0.717) is 27.5 Å². The second-order valence-electron chi connectivity index (χ2n) is 4.37. The molecule has 2 aromatic carbocycles. The Morgan fingerprint density at radius 3 is 2.86 bits per heavy atom. The first-order chi connectivity index (χ1) is 10.1. The van der Waals surface area contributed by atoms with Crippen LogP contribution in [-0.2, 0) is 5.88 Å². The molecule has 0 amide bonds. The quantitative estimate of drug-likeness (QED) is 0.594. The van der Waals surface area contributed by atoms with Gasteiger partial charge in [-0.1, -0.05) is 28.9 Å². The van der Waals surface area contributed by atoms with Gasteiger partial charge in [0, 0.05) is 4.90 Å². The fourth-order valence-electron chi connectivity index (χ4n) is 1.84. The van der Waals surface area contributed by atoms with Crippen LogP contribution in [0.15, 0.2) is 52.2 Å². The van der Waals surface area contributed by atoms with Gasteiger partial charge in [-0.2, -0.15) is 0 Å². The van der Waals surface area contributed by atoms with Gasteiger partial charge in [0.25, 0.3) is 5.56 Å². The SMILES string of the molecule is Nc1ccc(SCn2nnc3ccccc3c2=O)cc1Cl. The van der Waals surface area contributed by atoms with Crippen LogP contribution in [0.25, 0.3) is 10.9 Å². The summed E-state index contributed by atoms with van der Waals surface area (Å²) in [6.45, 7) is 0. The average molecular weight is 319 g/mol. The molecule has 0 saturated carbocycles. The summed E-state index contributed by atoms with van der Waals surface area (Å²) in [7, 11) is 0. The number of anilines is 1. The van der Waals surface area contributed by atoms with E-state index in [1.54, 1.807) is 24.3 Å². The maximum absolute atomic E-state index is 12.3. The van der Waals surface area contributed by atoms with Crippen LogP contribution in [-0.4, -0.2) is 15.0 Å². The molecule has 1 aromatic heterocycles. The Kier molecular flexibility index (Phi) is 3.81. The van der Waals surface area contributed by atoms with E-state index < -0.39 is 0 Å². The molecule has 5 nitrogen and oxygen atoms in total. The Hall–Kier alpha value is -2.05. The summed E-state index contributed by atoms with van der Waals surface area (Å²) in [5.41, 5.74) is 6.63. The molecule has 3 aromatic rings. The van der Waals surface area contributed by atoms with Crippen LogP contribution < -0.4 is 11.3 Å². The van der Waals surface area contributed by atoms with Crippen molar-refractivity contribution in [2.75, 3.05) is 5.73 Å². The van der Waals surface area contributed by atoms with Gasteiger partial charge in [0.2, 0.25) is 0 Å². The number of fused-ring (bicyclic) bond motifs is 1. The van der Waals surface area contributed by atoms with E-state index in [2.05, 4.69) is 10.3 Å². The third-order valence-corrected chi connectivity index (χ3v) is 4.24. The molecular weight excluding hydrogens is 308 g/mol. The molecule has 1 heterocycles. The van der Waals surface area contributed by atoms with Gasteiger partial charge >= 0.3 is 0 Å². The number of aromatic nitrogens is 3. The zero-order valence-electron chi connectivity index (χ0n) is 10.9. The summed E-state index contributed by atoms with van der Waals surface area (Å²) >= 11 is 7.41. The Labute approximate surface area is 129 Å². The molecular formula is C14H11ClN4OS. The lowest BCUT2D eigenvalue weighted by molar-refractivity contribution is 0.645. The van der Waals surface area contributed by atoms with Gasteiger partial charge in [0.15, 0.2) is 0 Å². The smallest absolute Gasteiger partial charge is 0.278 e. The molecule has 0 atom stereocenters. The van der Waals surface area contributed by atoms with Crippen LogP contribution in [0.5, 0.6) is 0 Å². The van der Waals surface area contributed by atoms with Crippen LogP contribution in [0.1, 0.15) is 0 Å².